The minimum Gasteiger partial charge on any atom is -0.339 e. The largest absolute Gasteiger partial charge is 0.339 e. The summed E-state index contributed by atoms with van der Waals surface area (Å²) in [6.45, 7) is 6.47. The average molecular weight is 267 g/mol. The molecule has 2 fully saturated rings. The Bertz CT molecular complexity index is 330. The monoisotopic (exact) mass is 267 g/mol. The number of urea groups is 1. The highest BCUT2D eigenvalue weighted by atomic mass is 16.2. The van der Waals surface area contributed by atoms with Crippen molar-refractivity contribution in [3.05, 3.63) is 0 Å². The second-order valence-electron chi connectivity index (χ2n) is 5.90. The van der Waals surface area contributed by atoms with Gasteiger partial charge in [-0.15, -0.1) is 0 Å². The zero-order valence-corrected chi connectivity index (χ0v) is 12.0. The number of hydrogen-bond donors (Lipinski definition) is 1. The van der Waals surface area contributed by atoms with Crippen LogP contribution in [0.2, 0.25) is 0 Å². The summed E-state index contributed by atoms with van der Waals surface area (Å²) in [4.78, 5) is 27.0. The van der Waals surface area contributed by atoms with Crippen molar-refractivity contribution >= 4 is 11.9 Å². The van der Waals surface area contributed by atoms with E-state index in [-0.39, 0.29) is 11.9 Å². The highest BCUT2D eigenvalue weighted by Gasteiger charge is 2.25. The fourth-order valence-corrected chi connectivity index (χ4v) is 2.89. The topological polar surface area (TPSA) is 52.7 Å². The van der Waals surface area contributed by atoms with E-state index >= 15 is 0 Å². The molecule has 5 nitrogen and oxygen atoms in total. The summed E-state index contributed by atoms with van der Waals surface area (Å²) in [7, 11) is 0. The van der Waals surface area contributed by atoms with E-state index in [0.717, 1.165) is 18.8 Å². The molecule has 0 spiro atoms. The number of rotatable bonds is 1. The van der Waals surface area contributed by atoms with Gasteiger partial charge in [-0.2, -0.15) is 0 Å². The predicted octanol–water partition coefficient (Wildman–Crippen LogP) is 1.44. The van der Waals surface area contributed by atoms with Gasteiger partial charge < -0.3 is 15.1 Å². The first kappa shape index (κ1) is 14.2. The van der Waals surface area contributed by atoms with Crippen LogP contribution in [0.25, 0.3) is 0 Å². The molecule has 0 aromatic carbocycles. The van der Waals surface area contributed by atoms with Crippen molar-refractivity contribution in [3.63, 3.8) is 0 Å². The molecule has 1 heterocycles. The van der Waals surface area contributed by atoms with Crippen LogP contribution in [0.1, 0.15) is 39.5 Å². The summed E-state index contributed by atoms with van der Waals surface area (Å²) >= 11 is 0. The van der Waals surface area contributed by atoms with E-state index in [1.807, 2.05) is 4.90 Å². The fraction of sp³-hybridized carbons (Fsp3) is 0.857. The molecule has 1 saturated carbocycles. The SMILES string of the molecule is CC(=O)N1CCN(C(=O)N[C@H]2CC[C@H](C)CC2)CC1. The third kappa shape index (κ3) is 3.85. The minimum absolute atomic E-state index is 0.0442. The lowest BCUT2D eigenvalue weighted by Gasteiger charge is -2.36. The molecular weight excluding hydrogens is 242 g/mol. The fourth-order valence-electron chi connectivity index (χ4n) is 2.89. The van der Waals surface area contributed by atoms with E-state index in [1.165, 1.54) is 12.8 Å². The maximum Gasteiger partial charge on any atom is 0.317 e. The van der Waals surface area contributed by atoms with Crippen molar-refractivity contribution in [3.8, 4) is 0 Å². The van der Waals surface area contributed by atoms with E-state index in [1.54, 1.807) is 11.8 Å². The maximum atomic E-state index is 12.1. The molecule has 3 amide bonds. The van der Waals surface area contributed by atoms with Crippen LogP contribution in [0.5, 0.6) is 0 Å². The quantitative estimate of drug-likeness (QED) is 0.781. The van der Waals surface area contributed by atoms with Crippen molar-refractivity contribution < 1.29 is 9.59 Å². The molecule has 0 aromatic heterocycles. The van der Waals surface area contributed by atoms with Gasteiger partial charge in [0.1, 0.15) is 0 Å². The van der Waals surface area contributed by atoms with Crippen molar-refractivity contribution in [2.45, 2.75) is 45.6 Å². The second-order valence-corrected chi connectivity index (χ2v) is 5.90. The Morgan fingerprint density at radius 3 is 2.00 bits per heavy atom. The summed E-state index contributed by atoms with van der Waals surface area (Å²) in [5.74, 6) is 0.897. The second kappa shape index (κ2) is 6.26. The summed E-state index contributed by atoms with van der Waals surface area (Å²) in [6, 6.07) is 0.386. The highest BCUT2D eigenvalue weighted by molar-refractivity contribution is 5.76. The summed E-state index contributed by atoms with van der Waals surface area (Å²) < 4.78 is 0. The number of piperazine rings is 1. The molecule has 108 valence electrons. The first-order valence-electron chi connectivity index (χ1n) is 7.37. The summed E-state index contributed by atoms with van der Waals surface area (Å²) in [6.07, 6.45) is 4.62. The summed E-state index contributed by atoms with van der Waals surface area (Å²) in [5, 5.41) is 3.14. The minimum atomic E-state index is 0.0442. The van der Waals surface area contributed by atoms with Crippen molar-refractivity contribution in [1.29, 1.82) is 0 Å². The molecule has 1 N–H and O–H groups in total. The van der Waals surface area contributed by atoms with E-state index in [2.05, 4.69) is 12.2 Å². The molecule has 19 heavy (non-hydrogen) atoms. The molecule has 1 saturated heterocycles. The Morgan fingerprint density at radius 2 is 1.47 bits per heavy atom. The number of hydrogen-bond acceptors (Lipinski definition) is 2. The van der Waals surface area contributed by atoms with Crippen LogP contribution in [0.15, 0.2) is 0 Å². The van der Waals surface area contributed by atoms with Crippen LogP contribution in [-0.2, 0) is 4.79 Å². The Hall–Kier alpha value is -1.26. The number of nitrogens with one attached hydrogen (secondary N) is 1. The van der Waals surface area contributed by atoms with Gasteiger partial charge in [0, 0.05) is 39.1 Å². The molecule has 1 aliphatic carbocycles. The standard InChI is InChI=1S/C14H25N3O2/c1-11-3-5-13(6-4-11)15-14(19)17-9-7-16(8-10-17)12(2)18/h11,13H,3-10H2,1-2H3,(H,15,19)/t11-,13-. The van der Waals surface area contributed by atoms with Gasteiger partial charge >= 0.3 is 6.03 Å². The Morgan fingerprint density at radius 1 is 0.947 bits per heavy atom. The average Bonchev–Trinajstić information content (AvgIpc) is 2.41. The van der Waals surface area contributed by atoms with Gasteiger partial charge in [-0.05, 0) is 31.6 Å². The van der Waals surface area contributed by atoms with E-state index in [0.29, 0.717) is 32.2 Å². The highest BCUT2D eigenvalue weighted by Crippen LogP contribution is 2.23. The van der Waals surface area contributed by atoms with Gasteiger partial charge in [-0.3, -0.25) is 4.79 Å². The lowest BCUT2D eigenvalue weighted by atomic mass is 9.87. The van der Waals surface area contributed by atoms with Crippen LogP contribution in [0.3, 0.4) is 0 Å². The molecule has 0 unspecified atom stereocenters. The van der Waals surface area contributed by atoms with E-state index < -0.39 is 0 Å². The molecular formula is C14H25N3O2. The van der Waals surface area contributed by atoms with Gasteiger partial charge in [-0.1, -0.05) is 6.92 Å². The molecule has 0 atom stereocenters. The van der Waals surface area contributed by atoms with Crippen molar-refractivity contribution in [2.75, 3.05) is 26.2 Å². The lowest BCUT2D eigenvalue weighted by Crippen LogP contribution is -2.54. The Labute approximate surface area is 115 Å². The smallest absolute Gasteiger partial charge is 0.317 e. The van der Waals surface area contributed by atoms with Crippen LogP contribution < -0.4 is 5.32 Å². The van der Waals surface area contributed by atoms with Crippen LogP contribution >= 0.6 is 0 Å². The zero-order valence-electron chi connectivity index (χ0n) is 12.0. The molecule has 0 bridgehead atoms. The van der Waals surface area contributed by atoms with E-state index in [9.17, 15) is 9.59 Å². The van der Waals surface area contributed by atoms with Crippen LogP contribution in [0.4, 0.5) is 4.79 Å². The molecule has 2 aliphatic rings. The van der Waals surface area contributed by atoms with Gasteiger partial charge in [0.25, 0.3) is 0 Å². The van der Waals surface area contributed by atoms with Crippen LogP contribution in [0, 0.1) is 5.92 Å². The first-order chi connectivity index (χ1) is 9.06. The third-order valence-corrected chi connectivity index (χ3v) is 4.36. The van der Waals surface area contributed by atoms with Crippen molar-refractivity contribution in [2.24, 2.45) is 5.92 Å². The van der Waals surface area contributed by atoms with Crippen molar-refractivity contribution in [1.82, 2.24) is 15.1 Å². The summed E-state index contributed by atoms with van der Waals surface area (Å²) in [5.41, 5.74) is 0. The number of amides is 3. The number of nitrogens with zero attached hydrogens (tertiary/aromatic N) is 2. The molecule has 5 heteroatoms. The molecule has 1 aliphatic heterocycles. The van der Waals surface area contributed by atoms with Gasteiger partial charge in [0.05, 0.1) is 0 Å². The first-order valence-corrected chi connectivity index (χ1v) is 7.37. The lowest BCUT2D eigenvalue weighted by molar-refractivity contribution is -0.130. The predicted molar refractivity (Wildman–Crippen MR) is 73.8 cm³/mol. The number of carbonyl (C=O) groups is 2. The molecule has 2 rings (SSSR count). The Balaban J connectivity index is 1.74. The van der Waals surface area contributed by atoms with Gasteiger partial charge in [0.15, 0.2) is 0 Å². The molecule has 0 radical (unpaired) electrons. The third-order valence-electron chi connectivity index (χ3n) is 4.36. The Kier molecular flexibility index (Phi) is 4.66. The van der Waals surface area contributed by atoms with Gasteiger partial charge in [-0.25, -0.2) is 4.79 Å². The van der Waals surface area contributed by atoms with E-state index in [4.69, 9.17) is 0 Å². The maximum absolute atomic E-state index is 12.1. The van der Waals surface area contributed by atoms with Crippen LogP contribution in [-0.4, -0.2) is 54.0 Å². The number of carbonyl (C=O) groups excluding carboxylic acids is 2. The normalized spacial score (nSPS) is 28.1. The zero-order chi connectivity index (χ0) is 13.8. The molecule has 0 aromatic rings. The van der Waals surface area contributed by atoms with Gasteiger partial charge in [0.2, 0.25) is 5.91 Å².